The summed E-state index contributed by atoms with van der Waals surface area (Å²) in [6.45, 7) is 4.38. The van der Waals surface area contributed by atoms with Gasteiger partial charge in [0.05, 0.1) is 17.5 Å². The predicted molar refractivity (Wildman–Crippen MR) is 121 cm³/mol. The Bertz CT molecular complexity index is 1150. The molecule has 1 N–H and O–H groups in total. The molecule has 1 amide bonds. The summed E-state index contributed by atoms with van der Waals surface area (Å²) < 4.78 is 27.6. The smallest absolute Gasteiger partial charge is 0.242 e. The van der Waals surface area contributed by atoms with Crippen LogP contribution in [0.15, 0.2) is 55.0 Å². The summed E-state index contributed by atoms with van der Waals surface area (Å²) in [6.07, 6.45) is 7.58. The molecule has 1 aliphatic rings. The van der Waals surface area contributed by atoms with Crippen molar-refractivity contribution in [3.63, 3.8) is 0 Å². The fourth-order valence-electron chi connectivity index (χ4n) is 3.95. The van der Waals surface area contributed by atoms with Crippen LogP contribution < -0.4 is 4.72 Å². The second kappa shape index (κ2) is 9.07. The van der Waals surface area contributed by atoms with Gasteiger partial charge in [0.2, 0.25) is 15.9 Å². The molecule has 2 aromatic heterocycles. The quantitative estimate of drug-likeness (QED) is 0.604. The SMILES string of the molecule is CS(=O)(=O)Nc1cccc2c1ccn2CC(=O)N1CCN(CCc2ccncc2)CC1. The molecule has 0 atom stereocenters. The number of pyridine rings is 1. The van der Waals surface area contributed by atoms with Crippen LogP contribution in [-0.4, -0.2) is 72.7 Å². The van der Waals surface area contributed by atoms with Crippen molar-refractivity contribution in [1.82, 2.24) is 19.4 Å². The first kappa shape index (κ1) is 21.3. The van der Waals surface area contributed by atoms with E-state index in [0.29, 0.717) is 5.69 Å². The Balaban J connectivity index is 1.34. The van der Waals surface area contributed by atoms with E-state index in [0.717, 1.165) is 56.3 Å². The summed E-state index contributed by atoms with van der Waals surface area (Å²) in [5.41, 5.74) is 2.63. The molecule has 0 aliphatic carbocycles. The number of amides is 1. The molecule has 9 heteroatoms. The van der Waals surface area contributed by atoms with Crippen molar-refractivity contribution in [2.75, 3.05) is 43.7 Å². The molecule has 0 radical (unpaired) electrons. The second-order valence-electron chi connectivity index (χ2n) is 7.88. The van der Waals surface area contributed by atoms with Gasteiger partial charge in [0.25, 0.3) is 0 Å². The largest absolute Gasteiger partial charge is 0.339 e. The maximum Gasteiger partial charge on any atom is 0.242 e. The van der Waals surface area contributed by atoms with Gasteiger partial charge in [-0.05, 0) is 42.3 Å². The van der Waals surface area contributed by atoms with E-state index in [1.807, 2.05) is 52.3 Å². The summed E-state index contributed by atoms with van der Waals surface area (Å²) in [5, 5.41) is 0.779. The fourth-order valence-corrected chi connectivity index (χ4v) is 4.53. The van der Waals surface area contributed by atoms with Gasteiger partial charge < -0.3 is 9.47 Å². The number of carbonyl (C=O) groups is 1. The number of nitrogens with zero attached hydrogens (tertiary/aromatic N) is 4. The van der Waals surface area contributed by atoms with E-state index in [-0.39, 0.29) is 12.5 Å². The van der Waals surface area contributed by atoms with Crippen molar-refractivity contribution in [3.8, 4) is 0 Å². The van der Waals surface area contributed by atoms with Crippen LogP contribution in [-0.2, 0) is 27.8 Å². The third-order valence-electron chi connectivity index (χ3n) is 5.61. The van der Waals surface area contributed by atoms with Crippen molar-refractivity contribution in [3.05, 3.63) is 60.6 Å². The van der Waals surface area contributed by atoms with Crippen LogP contribution in [0, 0.1) is 0 Å². The van der Waals surface area contributed by atoms with Crippen LogP contribution in [0.2, 0.25) is 0 Å². The van der Waals surface area contributed by atoms with Gasteiger partial charge in [0.15, 0.2) is 0 Å². The molecule has 1 saturated heterocycles. The van der Waals surface area contributed by atoms with Crippen LogP contribution in [0.1, 0.15) is 5.56 Å². The van der Waals surface area contributed by atoms with Gasteiger partial charge in [-0.1, -0.05) is 6.07 Å². The zero-order chi connectivity index (χ0) is 21.8. The third-order valence-corrected chi connectivity index (χ3v) is 6.20. The van der Waals surface area contributed by atoms with Gasteiger partial charge in [0, 0.05) is 56.7 Å². The van der Waals surface area contributed by atoms with Crippen molar-refractivity contribution >= 4 is 32.5 Å². The fraction of sp³-hybridized carbons (Fsp3) is 0.364. The number of fused-ring (bicyclic) bond motifs is 1. The van der Waals surface area contributed by atoms with Gasteiger partial charge in [-0.25, -0.2) is 8.42 Å². The molecular weight excluding hydrogens is 414 g/mol. The lowest BCUT2D eigenvalue weighted by molar-refractivity contribution is -0.133. The second-order valence-corrected chi connectivity index (χ2v) is 9.63. The molecule has 1 fully saturated rings. The van der Waals surface area contributed by atoms with Gasteiger partial charge in [0.1, 0.15) is 6.54 Å². The minimum Gasteiger partial charge on any atom is -0.339 e. The maximum atomic E-state index is 12.9. The molecular formula is C22H27N5O3S. The molecule has 1 aromatic carbocycles. The van der Waals surface area contributed by atoms with Gasteiger partial charge in [-0.15, -0.1) is 0 Å². The zero-order valence-electron chi connectivity index (χ0n) is 17.6. The Morgan fingerprint density at radius 3 is 2.52 bits per heavy atom. The highest BCUT2D eigenvalue weighted by Gasteiger charge is 2.21. The summed E-state index contributed by atoms with van der Waals surface area (Å²) >= 11 is 0. The van der Waals surface area contributed by atoms with Crippen molar-refractivity contribution in [1.29, 1.82) is 0 Å². The number of benzene rings is 1. The molecule has 3 aromatic rings. The average molecular weight is 442 g/mol. The Kier molecular flexibility index (Phi) is 6.24. The molecule has 0 bridgehead atoms. The van der Waals surface area contributed by atoms with Crippen LogP contribution in [0.5, 0.6) is 0 Å². The number of nitrogens with one attached hydrogen (secondary N) is 1. The van der Waals surface area contributed by atoms with E-state index in [4.69, 9.17) is 0 Å². The van der Waals surface area contributed by atoms with Crippen LogP contribution in [0.3, 0.4) is 0 Å². The molecule has 4 rings (SSSR count). The van der Waals surface area contributed by atoms with Crippen LogP contribution in [0.4, 0.5) is 5.69 Å². The van der Waals surface area contributed by atoms with E-state index in [1.54, 1.807) is 12.1 Å². The van der Waals surface area contributed by atoms with Crippen molar-refractivity contribution in [2.24, 2.45) is 0 Å². The minimum atomic E-state index is -3.37. The number of carbonyl (C=O) groups excluding carboxylic acids is 1. The van der Waals surface area contributed by atoms with E-state index < -0.39 is 10.0 Å². The Morgan fingerprint density at radius 2 is 1.81 bits per heavy atom. The first-order valence-electron chi connectivity index (χ1n) is 10.3. The van der Waals surface area contributed by atoms with E-state index >= 15 is 0 Å². The summed E-state index contributed by atoms with van der Waals surface area (Å²) in [4.78, 5) is 21.2. The molecule has 3 heterocycles. The predicted octanol–water partition coefficient (Wildman–Crippen LogP) is 1.79. The molecule has 164 valence electrons. The highest BCUT2D eigenvalue weighted by molar-refractivity contribution is 7.92. The van der Waals surface area contributed by atoms with Crippen LogP contribution in [0.25, 0.3) is 10.9 Å². The van der Waals surface area contributed by atoms with Crippen LogP contribution >= 0.6 is 0 Å². The molecule has 31 heavy (non-hydrogen) atoms. The molecule has 8 nitrogen and oxygen atoms in total. The molecule has 0 saturated carbocycles. The first-order chi connectivity index (χ1) is 14.9. The highest BCUT2D eigenvalue weighted by Crippen LogP contribution is 2.25. The van der Waals surface area contributed by atoms with E-state index in [2.05, 4.69) is 14.6 Å². The zero-order valence-corrected chi connectivity index (χ0v) is 18.4. The topological polar surface area (TPSA) is 87.5 Å². The number of piperazine rings is 1. The summed E-state index contributed by atoms with van der Waals surface area (Å²) in [6, 6.07) is 11.3. The monoisotopic (exact) mass is 441 g/mol. The Hall–Kier alpha value is -2.91. The number of hydrogen-bond donors (Lipinski definition) is 1. The summed E-state index contributed by atoms with van der Waals surface area (Å²) in [5.74, 6) is 0.0766. The number of hydrogen-bond acceptors (Lipinski definition) is 5. The normalized spacial score (nSPS) is 15.3. The van der Waals surface area contributed by atoms with Gasteiger partial charge >= 0.3 is 0 Å². The molecule has 0 unspecified atom stereocenters. The molecule has 0 spiro atoms. The van der Waals surface area contributed by atoms with E-state index in [9.17, 15) is 13.2 Å². The number of aromatic nitrogens is 2. The van der Waals surface area contributed by atoms with E-state index in [1.165, 1.54) is 5.56 Å². The summed E-state index contributed by atoms with van der Waals surface area (Å²) in [7, 11) is -3.37. The first-order valence-corrected chi connectivity index (χ1v) is 12.2. The lowest BCUT2D eigenvalue weighted by Crippen LogP contribution is -2.49. The third kappa shape index (κ3) is 5.42. The Labute approximate surface area is 182 Å². The number of rotatable bonds is 7. The van der Waals surface area contributed by atoms with Crippen molar-refractivity contribution in [2.45, 2.75) is 13.0 Å². The Morgan fingerprint density at radius 1 is 1.06 bits per heavy atom. The lowest BCUT2D eigenvalue weighted by Gasteiger charge is -2.35. The van der Waals surface area contributed by atoms with Crippen molar-refractivity contribution < 1.29 is 13.2 Å². The van der Waals surface area contributed by atoms with Gasteiger partial charge in [-0.2, -0.15) is 0 Å². The minimum absolute atomic E-state index is 0.0766. The molecule has 1 aliphatic heterocycles. The average Bonchev–Trinajstić information content (AvgIpc) is 3.16. The number of anilines is 1. The number of sulfonamides is 1. The highest BCUT2D eigenvalue weighted by atomic mass is 32.2. The van der Waals surface area contributed by atoms with Gasteiger partial charge in [-0.3, -0.25) is 19.4 Å². The maximum absolute atomic E-state index is 12.9. The lowest BCUT2D eigenvalue weighted by atomic mass is 10.2. The standard InChI is InChI=1S/C22H27N5O3S/c1-31(29,30)24-20-3-2-4-21-19(20)8-12-27(21)17-22(28)26-15-13-25(14-16-26)11-7-18-5-9-23-10-6-18/h2-6,8-10,12,24H,7,11,13-17H2,1H3.